The Kier molecular flexibility index (Phi) is 1.76. The maximum absolute atomic E-state index is 4.31. The number of para-hydroxylation sites is 1. The smallest absolute Gasteiger partial charge is 0.0954 e. The van der Waals surface area contributed by atoms with Crippen molar-refractivity contribution in [1.82, 2.24) is 0 Å². The van der Waals surface area contributed by atoms with Gasteiger partial charge in [-0.15, -0.1) is 0 Å². The van der Waals surface area contributed by atoms with Crippen LogP contribution in [0.15, 0.2) is 40.7 Å². The van der Waals surface area contributed by atoms with Crippen molar-refractivity contribution in [3.05, 3.63) is 30.3 Å². The molecule has 2 aliphatic rings. The van der Waals surface area contributed by atoms with Crippen molar-refractivity contribution in [2.75, 3.05) is 5.01 Å². The Morgan fingerprint density at radius 3 is 2.86 bits per heavy atom. The summed E-state index contributed by atoms with van der Waals surface area (Å²) in [6, 6.07) is 11.3. The van der Waals surface area contributed by atoms with E-state index in [0.29, 0.717) is 12.1 Å². The molecule has 3 nitrogen and oxygen atoms in total. The molecule has 1 heterocycles. The van der Waals surface area contributed by atoms with E-state index in [1.807, 2.05) is 18.2 Å². The van der Waals surface area contributed by atoms with Gasteiger partial charge in [-0.25, -0.2) is 5.01 Å². The summed E-state index contributed by atoms with van der Waals surface area (Å²) in [6.45, 7) is 0. The van der Waals surface area contributed by atoms with E-state index in [1.54, 1.807) is 0 Å². The van der Waals surface area contributed by atoms with E-state index in [1.165, 1.54) is 24.9 Å². The molecule has 2 atom stereocenters. The van der Waals surface area contributed by atoms with Gasteiger partial charge >= 0.3 is 0 Å². The van der Waals surface area contributed by atoms with Gasteiger partial charge in [0.1, 0.15) is 0 Å². The molecule has 72 valence electrons. The third-order valence-electron chi connectivity index (χ3n) is 3.08. The molecular formula is C11H13N3. The van der Waals surface area contributed by atoms with E-state index < -0.39 is 0 Å². The SMILES string of the molecule is c1ccc(N2N=N[C@@H]3CCC[C@H]32)cc1. The van der Waals surface area contributed by atoms with E-state index in [4.69, 9.17) is 0 Å². The second-order valence-corrected chi connectivity index (χ2v) is 3.95. The van der Waals surface area contributed by atoms with Crippen LogP contribution in [0.3, 0.4) is 0 Å². The highest BCUT2D eigenvalue weighted by molar-refractivity contribution is 5.47. The summed E-state index contributed by atoms with van der Waals surface area (Å²) in [6.07, 6.45) is 3.72. The highest BCUT2D eigenvalue weighted by Gasteiger charge is 2.37. The van der Waals surface area contributed by atoms with Crippen LogP contribution < -0.4 is 5.01 Å². The molecule has 0 N–H and O–H groups in total. The van der Waals surface area contributed by atoms with Crippen LogP contribution in [0.1, 0.15) is 19.3 Å². The number of rotatable bonds is 1. The fourth-order valence-corrected chi connectivity index (χ4v) is 2.35. The largest absolute Gasteiger partial charge is 0.242 e. The molecule has 1 aliphatic carbocycles. The number of nitrogens with zero attached hydrogens (tertiary/aromatic N) is 3. The molecule has 0 amide bonds. The molecule has 0 radical (unpaired) electrons. The lowest BCUT2D eigenvalue weighted by Gasteiger charge is -2.20. The molecule has 0 saturated heterocycles. The van der Waals surface area contributed by atoms with Crippen LogP contribution in [0.25, 0.3) is 0 Å². The van der Waals surface area contributed by atoms with Crippen molar-refractivity contribution >= 4 is 5.69 Å². The standard InChI is InChI=1S/C11H13N3/c1-2-5-9(6-3-1)14-11-8-4-7-10(11)12-13-14/h1-3,5-6,10-11H,4,7-8H2/t10-,11-/m1/s1. The zero-order valence-electron chi connectivity index (χ0n) is 8.00. The van der Waals surface area contributed by atoms with Crippen LogP contribution in [0.2, 0.25) is 0 Å². The Bertz CT molecular complexity index is 347. The molecule has 0 bridgehead atoms. The molecule has 1 aromatic rings. The summed E-state index contributed by atoms with van der Waals surface area (Å²) in [5.41, 5.74) is 1.17. The van der Waals surface area contributed by atoms with Crippen LogP contribution in [0, 0.1) is 0 Å². The van der Waals surface area contributed by atoms with Gasteiger partial charge in [0.25, 0.3) is 0 Å². The third kappa shape index (κ3) is 1.12. The van der Waals surface area contributed by atoms with Gasteiger partial charge in [-0.2, -0.15) is 5.11 Å². The van der Waals surface area contributed by atoms with Crippen LogP contribution >= 0.6 is 0 Å². The van der Waals surface area contributed by atoms with Crippen LogP contribution in [-0.4, -0.2) is 12.1 Å². The first-order valence-corrected chi connectivity index (χ1v) is 5.20. The van der Waals surface area contributed by atoms with Crippen LogP contribution in [-0.2, 0) is 0 Å². The highest BCUT2D eigenvalue weighted by Crippen LogP contribution is 2.35. The number of anilines is 1. The molecule has 1 aliphatic heterocycles. The molecule has 14 heavy (non-hydrogen) atoms. The molecule has 1 fully saturated rings. The van der Waals surface area contributed by atoms with Crippen molar-refractivity contribution in [2.45, 2.75) is 31.3 Å². The van der Waals surface area contributed by atoms with Gasteiger partial charge in [-0.05, 0) is 31.4 Å². The van der Waals surface area contributed by atoms with Gasteiger partial charge in [0.05, 0.1) is 17.8 Å². The first-order chi connectivity index (χ1) is 6.95. The number of hydrogen-bond acceptors (Lipinski definition) is 3. The summed E-state index contributed by atoms with van der Waals surface area (Å²) >= 11 is 0. The van der Waals surface area contributed by atoms with Crippen molar-refractivity contribution in [2.24, 2.45) is 10.3 Å². The summed E-state index contributed by atoms with van der Waals surface area (Å²) in [5, 5.41) is 10.6. The van der Waals surface area contributed by atoms with Gasteiger partial charge in [0.2, 0.25) is 0 Å². The average molecular weight is 187 g/mol. The zero-order chi connectivity index (χ0) is 9.38. The first-order valence-electron chi connectivity index (χ1n) is 5.20. The third-order valence-corrected chi connectivity index (χ3v) is 3.08. The predicted octanol–water partition coefficient (Wildman–Crippen LogP) is 2.79. The van der Waals surface area contributed by atoms with Gasteiger partial charge in [0, 0.05) is 0 Å². The second kappa shape index (κ2) is 3.08. The number of benzene rings is 1. The topological polar surface area (TPSA) is 28.0 Å². The van der Waals surface area contributed by atoms with Gasteiger partial charge in [-0.1, -0.05) is 23.4 Å². The van der Waals surface area contributed by atoms with Crippen molar-refractivity contribution in [3.8, 4) is 0 Å². The summed E-state index contributed by atoms with van der Waals surface area (Å²) in [5.74, 6) is 0. The molecule has 1 saturated carbocycles. The summed E-state index contributed by atoms with van der Waals surface area (Å²) < 4.78 is 0. The Hall–Kier alpha value is -1.38. The fourth-order valence-electron chi connectivity index (χ4n) is 2.35. The molecule has 3 heteroatoms. The Morgan fingerprint density at radius 1 is 1.14 bits per heavy atom. The average Bonchev–Trinajstić information content (AvgIpc) is 2.79. The Labute approximate surface area is 83.4 Å². The normalized spacial score (nSPS) is 29.6. The Balaban J connectivity index is 1.90. The van der Waals surface area contributed by atoms with Crippen LogP contribution in [0.5, 0.6) is 0 Å². The lowest BCUT2D eigenvalue weighted by molar-refractivity contribution is 0.632. The number of fused-ring (bicyclic) bond motifs is 1. The van der Waals surface area contributed by atoms with Crippen molar-refractivity contribution in [1.29, 1.82) is 0 Å². The number of hydrogen-bond donors (Lipinski definition) is 0. The molecule has 3 rings (SSSR count). The molecule has 0 unspecified atom stereocenters. The molecule has 0 aromatic heterocycles. The van der Waals surface area contributed by atoms with Crippen LogP contribution in [0.4, 0.5) is 5.69 Å². The first kappa shape index (κ1) is 7.97. The predicted molar refractivity (Wildman–Crippen MR) is 55.2 cm³/mol. The quantitative estimate of drug-likeness (QED) is 0.664. The molecule has 0 spiro atoms. The maximum atomic E-state index is 4.31. The lowest BCUT2D eigenvalue weighted by atomic mass is 10.1. The van der Waals surface area contributed by atoms with Gasteiger partial charge in [0.15, 0.2) is 0 Å². The minimum atomic E-state index is 0.454. The van der Waals surface area contributed by atoms with Crippen molar-refractivity contribution < 1.29 is 0 Å². The maximum Gasteiger partial charge on any atom is 0.0954 e. The van der Waals surface area contributed by atoms with E-state index in [-0.39, 0.29) is 0 Å². The minimum absolute atomic E-state index is 0.454. The minimum Gasteiger partial charge on any atom is -0.242 e. The van der Waals surface area contributed by atoms with E-state index in [2.05, 4.69) is 27.5 Å². The summed E-state index contributed by atoms with van der Waals surface area (Å²) in [4.78, 5) is 0. The molecular weight excluding hydrogens is 174 g/mol. The monoisotopic (exact) mass is 187 g/mol. The van der Waals surface area contributed by atoms with Gasteiger partial charge < -0.3 is 0 Å². The fraction of sp³-hybridized carbons (Fsp3) is 0.455. The van der Waals surface area contributed by atoms with E-state index in [0.717, 1.165) is 0 Å². The van der Waals surface area contributed by atoms with Crippen molar-refractivity contribution in [3.63, 3.8) is 0 Å². The van der Waals surface area contributed by atoms with Gasteiger partial charge in [-0.3, -0.25) is 0 Å². The summed E-state index contributed by atoms with van der Waals surface area (Å²) in [7, 11) is 0. The zero-order valence-corrected chi connectivity index (χ0v) is 8.00. The second-order valence-electron chi connectivity index (χ2n) is 3.95. The van der Waals surface area contributed by atoms with E-state index >= 15 is 0 Å². The molecule has 1 aromatic carbocycles. The lowest BCUT2D eigenvalue weighted by Crippen LogP contribution is -2.30. The van der Waals surface area contributed by atoms with E-state index in [9.17, 15) is 0 Å². The highest BCUT2D eigenvalue weighted by atomic mass is 15.6. The Morgan fingerprint density at radius 2 is 2.00 bits per heavy atom.